The number of Topliss-reactive ketones (excluding diaryl/α,β-unsaturated/α-hetero) is 1. The van der Waals surface area contributed by atoms with Gasteiger partial charge in [-0.15, -0.1) is 0 Å². The lowest BCUT2D eigenvalue weighted by Crippen LogP contribution is -2.38. The zero-order valence-electron chi connectivity index (χ0n) is 18.7. The molecule has 2 aliphatic rings. The molecule has 0 saturated carbocycles. The van der Waals surface area contributed by atoms with Crippen LogP contribution in [0, 0.1) is 0 Å². The van der Waals surface area contributed by atoms with Crippen molar-refractivity contribution in [1.29, 1.82) is 0 Å². The minimum atomic E-state index is -0.609. The number of carbonyl (C=O) groups is 2. The van der Waals surface area contributed by atoms with Crippen LogP contribution in [0.15, 0.2) is 60.0 Å². The molecule has 1 N–H and O–H groups in total. The molecule has 1 aromatic rings. The summed E-state index contributed by atoms with van der Waals surface area (Å²) < 4.78 is 21.6. The second-order valence-electron chi connectivity index (χ2n) is 7.24. The van der Waals surface area contributed by atoms with E-state index in [0.717, 1.165) is 16.9 Å². The first-order valence-electron chi connectivity index (χ1n) is 10.8. The van der Waals surface area contributed by atoms with Gasteiger partial charge in [0.25, 0.3) is 0 Å². The molecule has 0 bridgehead atoms. The summed E-state index contributed by atoms with van der Waals surface area (Å²) in [5.74, 6) is 0.330. The van der Waals surface area contributed by atoms with Crippen LogP contribution >= 0.6 is 0 Å². The Morgan fingerprint density at radius 3 is 2.66 bits per heavy atom. The van der Waals surface area contributed by atoms with Crippen molar-refractivity contribution in [3.8, 4) is 5.75 Å². The van der Waals surface area contributed by atoms with Gasteiger partial charge in [-0.3, -0.25) is 9.80 Å². The van der Waals surface area contributed by atoms with Crippen molar-refractivity contribution in [2.45, 2.75) is 32.5 Å². The Labute approximate surface area is 188 Å². The fraction of sp³-hybridized carbons (Fsp3) is 0.417. The molecular formula is C24H30N2O6. The summed E-state index contributed by atoms with van der Waals surface area (Å²) in [5.41, 5.74) is 5.51. The summed E-state index contributed by atoms with van der Waals surface area (Å²) >= 11 is 0. The topological polar surface area (TPSA) is 86.3 Å². The van der Waals surface area contributed by atoms with Crippen molar-refractivity contribution in [1.82, 2.24) is 10.4 Å². The van der Waals surface area contributed by atoms with E-state index in [1.807, 2.05) is 48.5 Å². The number of benzene rings is 1. The van der Waals surface area contributed by atoms with Crippen molar-refractivity contribution in [2.24, 2.45) is 0 Å². The lowest BCUT2D eigenvalue weighted by atomic mass is 9.93. The number of methoxy groups -OCH3 is 1. The van der Waals surface area contributed by atoms with Crippen LogP contribution < -0.4 is 10.2 Å². The number of esters is 1. The van der Waals surface area contributed by atoms with Crippen molar-refractivity contribution < 1.29 is 28.5 Å². The summed E-state index contributed by atoms with van der Waals surface area (Å²) in [6.07, 6.45) is 6.53. The highest BCUT2D eigenvalue weighted by Crippen LogP contribution is 2.24. The smallest absolute Gasteiger partial charge is 0.335 e. The highest BCUT2D eigenvalue weighted by Gasteiger charge is 2.27. The Bertz CT molecular complexity index is 890. The van der Waals surface area contributed by atoms with Crippen LogP contribution in [0.1, 0.15) is 19.4 Å². The van der Waals surface area contributed by atoms with Crippen LogP contribution in [0.2, 0.25) is 0 Å². The number of rotatable bonds is 11. The minimum Gasteiger partial charge on any atom is -0.492 e. The van der Waals surface area contributed by atoms with Gasteiger partial charge in [0, 0.05) is 43.7 Å². The van der Waals surface area contributed by atoms with E-state index in [4.69, 9.17) is 18.9 Å². The number of fused-ring (bicyclic) bond motifs is 1. The molecule has 172 valence electrons. The number of hydrogen-bond acceptors (Lipinski definition) is 8. The fourth-order valence-corrected chi connectivity index (χ4v) is 3.44. The van der Waals surface area contributed by atoms with Crippen LogP contribution in [0.4, 0.5) is 0 Å². The first kappa shape index (κ1) is 23.6. The number of carbonyl (C=O) groups excluding carboxylic acids is 2. The van der Waals surface area contributed by atoms with Gasteiger partial charge in [-0.25, -0.2) is 4.79 Å². The molecule has 1 aromatic carbocycles. The lowest BCUT2D eigenvalue weighted by molar-refractivity contribution is -0.156. The monoisotopic (exact) mass is 442 g/mol. The molecule has 0 spiro atoms. The fourth-order valence-electron chi connectivity index (χ4n) is 3.44. The zero-order valence-corrected chi connectivity index (χ0v) is 18.7. The van der Waals surface area contributed by atoms with Gasteiger partial charge < -0.3 is 24.4 Å². The first-order valence-corrected chi connectivity index (χ1v) is 10.8. The molecule has 1 aliphatic carbocycles. The molecule has 2 unspecified atom stereocenters. The van der Waals surface area contributed by atoms with Gasteiger partial charge in [-0.1, -0.05) is 18.2 Å². The van der Waals surface area contributed by atoms with Crippen molar-refractivity contribution in [3.05, 3.63) is 65.5 Å². The third-order valence-corrected chi connectivity index (χ3v) is 5.07. The van der Waals surface area contributed by atoms with E-state index >= 15 is 0 Å². The Hall–Kier alpha value is -3.10. The highest BCUT2D eigenvalue weighted by molar-refractivity contribution is 6.06. The average molecular weight is 443 g/mol. The molecule has 32 heavy (non-hydrogen) atoms. The lowest BCUT2D eigenvalue weighted by Gasteiger charge is -2.29. The number of nitrogens with one attached hydrogen (secondary N) is 1. The standard InChI is InChI=1S/C24H30N2O6/c1-4-30-22(24(28)31-5-2)14-17-6-9-19(10-7-17)32-13-12-26-16-18-8-11-21(29-3)23(27)20(18)15-25-26/h6-11,15-16,21-22,25H,4-5,12-14H2,1-3H3. The van der Waals surface area contributed by atoms with Gasteiger partial charge in [0.2, 0.25) is 0 Å². The number of hydrazine groups is 1. The molecular weight excluding hydrogens is 412 g/mol. The predicted molar refractivity (Wildman–Crippen MR) is 119 cm³/mol. The van der Waals surface area contributed by atoms with Gasteiger partial charge in [-0.2, -0.15) is 0 Å². The molecule has 0 saturated heterocycles. The molecule has 0 radical (unpaired) electrons. The second-order valence-corrected chi connectivity index (χ2v) is 7.24. The molecule has 2 atom stereocenters. The number of ether oxygens (including phenoxy) is 4. The summed E-state index contributed by atoms with van der Waals surface area (Å²) in [4.78, 5) is 24.3. The largest absolute Gasteiger partial charge is 0.492 e. The molecule has 3 rings (SSSR count). The van der Waals surface area contributed by atoms with Gasteiger partial charge in [-0.05, 0) is 37.6 Å². The van der Waals surface area contributed by atoms with E-state index < -0.39 is 12.2 Å². The summed E-state index contributed by atoms with van der Waals surface area (Å²) in [7, 11) is 1.52. The summed E-state index contributed by atoms with van der Waals surface area (Å²) in [5, 5.41) is 1.87. The third-order valence-electron chi connectivity index (χ3n) is 5.07. The SMILES string of the molecule is CCOC(=O)C(Cc1ccc(OCCN2C=C3C=CC(OC)C(=O)C3=CN2)cc1)OCC. The number of allylic oxidation sites excluding steroid dienone is 2. The molecule has 0 aromatic heterocycles. The van der Waals surface area contributed by atoms with Crippen LogP contribution in [0.25, 0.3) is 0 Å². The van der Waals surface area contributed by atoms with E-state index in [9.17, 15) is 9.59 Å². The Morgan fingerprint density at radius 1 is 1.19 bits per heavy atom. The Kier molecular flexibility index (Phi) is 8.47. The van der Waals surface area contributed by atoms with Crippen LogP contribution in [0.5, 0.6) is 5.75 Å². The van der Waals surface area contributed by atoms with E-state index in [1.165, 1.54) is 7.11 Å². The van der Waals surface area contributed by atoms with Crippen molar-refractivity contribution in [2.75, 3.05) is 33.5 Å². The highest BCUT2D eigenvalue weighted by atomic mass is 16.6. The Balaban J connectivity index is 1.48. The summed E-state index contributed by atoms with van der Waals surface area (Å²) in [6, 6.07) is 7.58. The van der Waals surface area contributed by atoms with E-state index in [0.29, 0.717) is 38.4 Å². The number of hydrogen-bond donors (Lipinski definition) is 1. The normalized spacial score (nSPS) is 18.3. The number of ketones is 1. The minimum absolute atomic E-state index is 0.0562. The molecule has 0 amide bonds. The Morgan fingerprint density at radius 2 is 1.97 bits per heavy atom. The van der Waals surface area contributed by atoms with Crippen molar-refractivity contribution in [3.63, 3.8) is 0 Å². The average Bonchev–Trinajstić information content (AvgIpc) is 2.80. The second kappa shape index (κ2) is 11.5. The molecule has 8 nitrogen and oxygen atoms in total. The van der Waals surface area contributed by atoms with Gasteiger partial charge in [0.15, 0.2) is 11.9 Å². The predicted octanol–water partition coefficient (Wildman–Crippen LogP) is 2.32. The molecule has 1 aliphatic heterocycles. The maximum absolute atomic E-state index is 12.3. The van der Waals surface area contributed by atoms with Gasteiger partial charge in [0.05, 0.1) is 13.2 Å². The van der Waals surface area contributed by atoms with Crippen LogP contribution in [-0.2, 0) is 30.2 Å². The van der Waals surface area contributed by atoms with Crippen molar-refractivity contribution >= 4 is 11.8 Å². The quantitative estimate of drug-likeness (QED) is 0.523. The van der Waals surface area contributed by atoms with Gasteiger partial charge in [0.1, 0.15) is 18.5 Å². The molecule has 0 fully saturated rings. The van der Waals surface area contributed by atoms with E-state index in [2.05, 4.69) is 5.43 Å². The zero-order chi connectivity index (χ0) is 22.9. The van der Waals surface area contributed by atoms with E-state index in [-0.39, 0.29) is 11.8 Å². The maximum atomic E-state index is 12.3. The third kappa shape index (κ3) is 5.99. The number of nitrogens with zero attached hydrogens (tertiary/aromatic N) is 1. The summed E-state index contributed by atoms with van der Waals surface area (Å²) in [6.45, 7) is 5.43. The first-order chi connectivity index (χ1) is 15.5. The van der Waals surface area contributed by atoms with E-state index in [1.54, 1.807) is 19.2 Å². The maximum Gasteiger partial charge on any atom is 0.335 e. The molecule has 8 heteroatoms. The van der Waals surface area contributed by atoms with Crippen LogP contribution in [-0.4, -0.2) is 62.4 Å². The van der Waals surface area contributed by atoms with Gasteiger partial charge >= 0.3 is 5.97 Å². The molecule has 1 heterocycles. The van der Waals surface area contributed by atoms with Crippen LogP contribution in [0.3, 0.4) is 0 Å².